The van der Waals surface area contributed by atoms with Crippen LogP contribution < -0.4 is 5.32 Å². The lowest BCUT2D eigenvalue weighted by atomic mass is 9.85. The maximum absolute atomic E-state index is 12.5. The molecular formula is C24H41NO6Si. The van der Waals surface area contributed by atoms with E-state index >= 15 is 0 Å². The highest BCUT2D eigenvalue weighted by molar-refractivity contribution is 6.74. The molecule has 5 atom stereocenters. The Kier molecular flexibility index (Phi) is 8.56. The van der Waals surface area contributed by atoms with Gasteiger partial charge in [-0.25, -0.2) is 4.79 Å². The minimum absolute atomic E-state index is 0.104. The SMILES string of the molecule is CC(C)(C)OC(=O)N[C@@H]1C[C@@H](O)[C@@H](O)[C@H](O[Si](C)(C)C(C)(C)C)[C@H]1OCc1ccccc1. The maximum Gasteiger partial charge on any atom is 0.407 e. The van der Waals surface area contributed by atoms with Gasteiger partial charge in [0, 0.05) is 0 Å². The van der Waals surface area contributed by atoms with E-state index < -0.39 is 50.5 Å². The van der Waals surface area contributed by atoms with E-state index in [4.69, 9.17) is 13.9 Å². The minimum Gasteiger partial charge on any atom is -0.444 e. The molecule has 0 heterocycles. The van der Waals surface area contributed by atoms with Gasteiger partial charge in [0.05, 0.1) is 18.8 Å². The largest absolute Gasteiger partial charge is 0.444 e. The summed E-state index contributed by atoms with van der Waals surface area (Å²) in [6.45, 7) is 16.2. The molecule has 1 aliphatic carbocycles. The molecule has 1 aromatic carbocycles. The van der Waals surface area contributed by atoms with Crippen LogP contribution in [0.25, 0.3) is 0 Å². The lowest BCUT2D eigenvalue weighted by Crippen LogP contribution is -2.65. The number of nitrogens with one attached hydrogen (secondary N) is 1. The highest BCUT2D eigenvalue weighted by atomic mass is 28.4. The fourth-order valence-corrected chi connectivity index (χ4v) is 4.71. The molecule has 8 heteroatoms. The second-order valence-corrected chi connectivity index (χ2v) is 15.9. The first-order valence-corrected chi connectivity index (χ1v) is 14.2. The zero-order chi connectivity index (χ0) is 24.3. The third-order valence-electron chi connectivity index (χ3n) is 6.17. The standard InChI is InChI=1S/C24H41NO6Si/c1-23(2,3)30-22(28)25-17-14-18(26)19(27)21(31-32(7,8)24(4,5)6)20(17)29-15-16-12-10-9-11-13-16/h9-13,17-21,26-27H,14-15H2,1-8H3,(H,25,28)/t17-,18-,19-,20+,21+/m1/s1. The summed E-state index contributed by atoms with van der Waals surface area (Å²) >= 11 is 0. The first kappa shape index (κ1) is 26.8. The maximum atomic E-state index is 12.5. The predicted molar refractivity (Wildman–Crippen MR) is 127 cm³/mol. The monoisotopic (exact) mass is 467 g/mol. The second kappa shape index (κ2) is 10.2. The molecule has 1 aromatic rings. The number of ether oxygens (including phenoxy) is 2. The molecule has 0 bridgehead atoms. The first-order valence-electron chi connectivity index (χ1n) is 11.3. The van der Waals surface area contributed by atoms with E-state index in [1.54, 1.807) is 20.8 Å². The number of aliphatic hydroxyl groups excluding tert-OH is 2. The molecular weight excluding hydrogens is 426 g/mol. The average molecular weight is 468 g/mol. The van der Waals surface area contributed by atoms with Crippen molar-refractivity contribution in [2.75, 3.05) is 0 Å². The van der Waals surface area contributed by atoms with Crippen molar-refractivity contribution in [3.8, 4) is 0 Å². The van der Waals surface area contributed by atoms with E-state index in [1.807, 2.05) is 30.3 Å². The lowest BCUT2D eigenvalue weighted by molar-refractivity contribution is -0.162. The third kappa shape index (κ3) is 7.28. The van der Waals surface area contributed by atoms with Crippen molar-refractivity contribution >= 4 is 14.4 Å². The van der Waals surface area contributed by atoms with Crippen LogP contribution in [0.15, 0.2) is 30.3 Å². The number of carbonyl (C=O) groups is 1. The van der Waals surface area contributed by atoms with Gasteiger partial charge < -0.3 is 29.4 Å². The molecule has 0 aliphatic heterocycles. The van der Waals surface area contributed by atoms with E-state index in [1.165, 1.54) is 0 Å². The van der Waals surface area contributed by atoms with Crippen molar-refractivity contribution in [2.24, 2.45) is 0 Å². The molecule has 2 rings (SSSR count). The van der Waals surface area contributed by atoms with Gasteiger partial charge in [0.2, 0.25) is 0 Å². The number of alkyl carbamates (subject to hydrolysis) is 1. The smallest absolute Gasteiger partial charge is 0.407 e. The molecule has 0 unspecified atom stereocenters. The summed E-state index contributed by atoms with van der Waals surface area (Å²) in [6.07, 6.45) is -4.08. The van der Waals surface area contributed by atoms with Gasteiger partial charge in [-0.15, -0.1) is 0 Å². The minimum atomic E-state index is -2.32. The Bertz CT molecular complexity index is 743. The summed E-state index contributed by atoms with van der Waals surface area (Å²) in [7, 11) is -2.32. The Morgan fingerprint density at radius 1 is 1.06 bits per heavy atom. The van der Waals surface area contributed by atoms with Crippen LogP contribution in [0.4, 0.5) is 4.79 Å². The van der Waals surface area contributed by atoms with Crippen LogP contribution in [0, 0.1) is 0 Å². The molecule has 0 aromatic heterocycles. The van der Waals surface area contributed by atoms with Crippen LogP contribution in [0.3, 0.4) is 0 Å². The van der Waals surface area contributed by atoms with Crippen molar-refractivity contribution in [3.63, 3.8) is 0 Å². The third-order valence-corrected chi connectivity index (χ3v) is 10.6. The Labute approximate surface area is 193 Å². The second-order valence-electron chi connectivity index (χ2n) is 11.2. The van der Waals surface area contributed by atoms with Crippen LogP contribution >= 0.6 is 0 Å². The Hall–Kier alpha value is -1.45. The van der Waals surface area contributed by atoms with Crippen LogP contribution in [0.1, 0.15) is 53.5 Å². The number of rotatable bonds is 6. The topological polar surface area (TPSA) is 97.3 Å². The highest BCUT2D eigenvalue weighted by Crippen LogP contribution is 2.40. The van der Waals surface area contributed by atoms with Gasteiger partial charge in [-0.1, -0.05) is 51.1 Å². The van der Waals surface area contributed by atoms with Gasteiger partial charge in [0.25, 0.3) is 0 Å². The number of benzene rings is 1. The zero-order valence-corrected chi connectivity index (χ0v) is 21.7. The number of hydrogen-bond donors (Lipinski definition) is 3. The molecule has 32 heavy (non-hydrogen) atoms. The summed E-state index contributed by atoms with van der Waals surface area (Å²) < 4.78 is 18.2. The van der Waals surface area contributed by atoms with Crippen LogP contribution in [-0.2, 0) is 20.5 Å². The molecule has 182 valence electrons. The average Bonchev–Trinajstić information content (AvgIpc) is 2.63. The van der Waals surface area contributed by atoms with Gasteiger partial charge in [-0.3, -0.25) is 0 Å². The Morgan fingerprint density at radius 3 is 2.19 bits per heavy atom. The van der Waals surface area contributed by atoms with Crippen molar-refractivity contribution in [1.29, 1.82) is 0 Å². The van der Waals surface area contributed by atoms with Crippen molar-refractivity contribution < 1.29 is 28.9 Å². The summed E-state index contributed by atoms with van der Waals surface area (Å²) in [5.74, 6) is 0. The van der Waals surface area contributed by atoms with Crippen molar-refractivity contribution in [1.82, 2.24) is 5.32 Å². The Morgan fingerprint density at radius 2 is 1.66 bits per heavy atom. The van der Waals surface area contributed by atoms with E-state index in [0.29, 0.717) is 0 Å². The summed E-state index contributed by atoms with van der Waals surface area (Å²) in [5.41, 5.74) is 0.309. The zero-order valence-electron chi connectivity index (χ0n) is 20.7. The van der Waals surface area contributed by atoms with E-state index in [0.717, 1.165) is 5.56 Å². The van der Waals surface area contributed by atoms with Crippen molar-refractivity contribution in [3.05, 3.63) is 35.9 Å². The van der Waals surface area contributed by atoms with Gasteiger partial charge in [0.15, 0.2) is 8.32 Å². The molecule has 1 fully saturated rings. The van der Waals surface area contributed by atoms with E-state index in [-0.39, 0.29) is 18.1 Å². The number of aliphatic hydroxyl groups is 2. The summed E-state index contributed by atoms with van der Waals surface area (Å²) in [5, 5.41) is 24.2. The Balaban J connectivity index is 2.31. The first-order chi connectivity index (χ1) is 14.6. The molecule has 0 saturated heterocycles. The number of carbonyl (C=O) groups excluding carboxylic acids is 1. The van der Waals surface area contributed by atoms with Crippen LogP contribution in [0.2, 0.25) is 18.1 Å². The van der Waals surface area contributed by atoms with Crippen LogP contribution in [0.5, 0.6) is 0 Å². The van der Waals surface area contributed by atoms with E-state index in [2.05, 4.69) is 39.2 Å². The van der Waals surface area contributed by atoms with Crippen molar-refractivity contribution in [2.45, 2.75) is 109 Å². The molecule has 7 nitrogen and oxygen atoms in total. The summed E-state index contributed by atoms with van der Waals surface area (Å²) in [6, 6.07) is 9.11. The van der Waals surface area contributed by atoms with Gasteiger partial charge in [0.1, 0.15) is 23.9 Å². The van der Waals surface area contributed by atoms with Crippen LogP contribution in [-0.4, -0.2) is 60.7 Å². The fraction of sp³-hybridized carbons (Fsp3) is 0.708. The predicted octanol–water partition coefficient (Wildman–Crippen LogP) is 3.98. The van der Waals surface area contributed by atoms with E-state index in [9.17, 15) is 15.0 Å². The number of hydrogen-bond acceptors (Lipinski definition) is 6. The van der Waals surface area contributed by atoms with Gasteiger partial charge in [-0.05, 0) is 50.9 Å². The quantitative estimate of drug-likeness (QED) is 0.548. The molecule has 0 radical (unpaired) electrons. The lowest BCUT2D eigenvalue weighted by Gasteiger charge is -2.48. The summed E-state index contributed by atoms with van der Waals surface area (Å²) in [4.78, 5) is 12.5. The molecule has 0 spiro atoms. The number of amides is 1. The molecule has 1 amide bonds. The molecule has 1 aliphatic rings. The molecule has 3 N–H and O–H groups in total. The highest BCUT2D eigenvalue weighted by Gasteiger charge is 2.50. The molecule has 1 saturated carbocycles. The normalized spacial score (nSPS) is 27.1. The van der Waals surface area contributed by atoms with Gasteiger partial charge in [-0.2, -0.15) is 0 Å². The van der Waals surface area contributed by atoms with Gasteiger partial charge >= 0.3 is 6.09 Å². The fourth-order valence-electron chi connectivity index (χ4n) is 3.41.